The van der Waals surface area contributed by atoms with Crippen LogP contribution in [0.2, 0.25) is 0 Å². The lowest BCUT2D eigenvalue weighted by atomic mass is 9.99. The molecule has 0 bridgehead atoms. The number of rotatable bonds is 12. The summed E-state index contributed by atoms with van der Waals surface area (Å²) in [5.74, 6) is -1.47. The van der Waals surface area contributed by atoms with Gasteiger partial charge < -0.3 is 26.0 Å². The van der Waals surface area contributed by atoms with Gasteiger partial charge in [0, 0.05) is 19.0 Å². The third-order valence-electron chi connectivity index (χ3n) is 5.94. The molecule has 0 aliphatic heterocycles. The summed E-state index contributed by atoms with van der Waals surface area (Å²) >= 11 is 0. The van der Waals surface area contributed by atoms with E-state index >= 15 is 0 Å². The van der Waals surface area contributed by atoms with Gasteiger partial charge in [-0.25, -0.2) is 4.79 Å². The second-order valence-corrected chi connectivity index (χ2v) is 10.2. The van der Waals surface area contributed by atoms with E-state index in [0.29, 0.717) is 12.0 Å². The van der Waals surface area contributed by atoms with Crippen molar-refractivity contribution in [3.8, 4) is 0 Å². The molecular weight excluding hydrogens is 484 g/mol. The molecule has 0 aliphatic rings. The molecule has 0 spiro atoms. The highest BCUT2D eigenvalue weighted by atomic mass is 16.6. The van der Waals surface area contributed by atoms with Crippen molar-refractivity contribution in [1.82, 2.24) is 15.5 Å². The Labute approximate surface area is 225 Å². The third-order valence-corrected chi connectivity index (χ3v) is 5.94. The highest BCUT2D eigenvalue weighted by Crippen LogP contribution is 2.27. The molecule has 0 saturated heterocycles. The maximum absolute atomic E-state index is 14.1. The molecule has 0 aliphatic carbocycles. The first-order valence-electron chi connectivity index (χ1n) is 12.9. The first-order chi connectivity index (χ1) is 17.9. The zero-order chi connectivity index (χ0) is 28.3. The molecule has 2 aromatic carbocycles. The number of primary amides is 1. The van der Waals surface area contributed by atoms with E-state index in [2.05, 4.69) is 10.6 Å². The predicted molar refractivity (Wildman–Crippen MR) is 146 cm³/mol. The van der Waals surface area contributed by atoms with E-state index in [1.54, 1.807) is 45.0 Å². The van der Waals surface area contributed by atoms with Crippen LogP contribution in [0.4, 0.5) is 4.79 Å². The maximum Gasteiger partial charge on any atom is 0.408 e. The van der Waals surface area contributed by atoms with E-state index in [4.69, 9.17) is 10.5 Å². The summed E-state index contributed by atoms with van der Waals surface area (Å²) in [7, 11) is 0. The summed E-state index contributed by atoms with van der Waals surface area (Å²) in [5.41, 5.74) is 6.11. The van der Waals surface area contributed by atoms with Crippen LogP contribution >= 0.6 is 0 Å². The summed E-state index contributed by atoms with van der Waals surface area (Å²) in [6.07, 6.45) is -0.408. The quantitative estimate of drug-likeness (QED) is 0.388. The normalized spacial score (nSPS) is 13.5. The van der Waals surface area contributed by atoms with Crippen molar-refractivity contribution < 1.29 is 23.9 Å². The lowest BCUT2D eigenvalue weighted by Crippen LogP contribution is -2.55. The summed E-state index contributed by atoms with van der Waals surface area (Å²) < 4.78 is 5.36. The number of hydrogen-bond acceptors (Lipinski definition) is 5. The fourth-order valence-corrected chi connectivity index (χ4v) is 3.92. The molecule has 4 amide bonds. The van der Waals surface area contributed by atoms with Gasteiger partial charge in [0.1, 0.15) is 17.7 Å². The number of carbonyl (C=O) groups is 4. The highest BCUT2D eigenvalue weighted by molar-refractivity contribution is 5.92. The van der Waals surface area contributed by atoms with Gasteiger partial charge in [-0.15, -0.1) is 0 Å². The van der Waals surface area contributed by atoms with Crippen LogP contribution in [0.3, 0.4) is 0 Å². The molecule has 4 N–H and O–H groups in total. The van der Waals surface area contributed by atoms with Gasteiger partial charge in [0.25, 0.3) is 0 Å². The molecule has 2 rings (SSSR count). The number of amides is 4. The lowest BCUT2D eigenvalue weighted by Gasteiger charge is -2.38. The number of nitrogens with one attached hydrogen (secondary N) is 2. The van der Waals surface area contributed by atoms with Crippen LogP contribution in [-0.2, 0) is 25.7 Å². The lowest BCUT2D eigenvalue weighted by molar-refractivity contribution is -0.145. The number of benzene rings is 2. The van der Waals surface area contributed by atoms with Gasteiger partial charge in [-0.2, -0.15) is 0 Å². The minimum Gasteiger partial charge on any atom is -0.444 e. The molecule has 0 aromatic heterocycles. The molecule has 3 atom stereocenters. The number of nitrogens with two attached hydrogens (primary N) is 1. The fourth-order valence-electron chi connectivity index (χ4n) is 3.92. The molecule has 0 radical (unpaired) electrons. The average molecular weight is 525 g/mol. The van der Waals surface area contributed by atoms with E-state index < -0.39 is 35.6 Å². The summed E-state index contributed by atoms with van der Waals surface area (Å²) in [5, 5.41) is 5.55. The number of hydrogen-bond donors (Lipinski definition) is 3. The molecule has 9 nitrogen and oxygen atoms in total. The van der Waals surface area contributed by atoms with Crippen molar-refractivity contribution in [3.05, 3.63) is 71.8 Å². The number of ether oxygens (including phenoxy) is 1. The van der Waals surface area contributed by atoms with Crippen LogP contribution in [0, 0.1) is 0 Å². The van der Waals surface area contributed by atoms with Gasteiger partial charge in [-0.3, -0.25) is 14.4 Å². The Balaban J connectivity index is 2.45. The number of carbonyl (C=O) groups excluding carboxylic acids is 4. The molecular formula is C29H40N4O5. The standard InChI is InChI=1S/C29H40N4O5/c1-6-20(2)33(27(36)23(17-18-24(30)34)32-28(37)38-29(3,4)5)25(22-15-11-8-12-16-22)26(35)31-19-21-13-9-7-10-14-21/h7-16,20,23,25H,6,17-19H2,1-5H3,(H2,30,34)(H,31,35)(H,32,37). The van der Waals surface area contributed by atoms with Crippen molar-refractivity contribution in [1.29, 1.82) is 0 Å². The van der Waals surface area contributed by atoms with E-state index in [0.717, 1.165) is 5.56 Å². The van der Waals surface area contributed by atoms with Crippen molar-refractivity contribution in [2.75, 3.05) is 0 Å². The Morgan fingerprint density at radius 1 is 0.974 bits per heavy atom. The van der Waals surface area contributed by atoms with E-state index in [1.807, 2.05) is 50.2 Å². The molecule has 3 unspecified atom stereocenters. The van der Waals surface area contributed by atoms with E-state index in [1.165, 1.54) is 4.90 Å². The number of nitrogens with zero attached hydrogens (tertiary/aromatic N) is 1. The molecule has 38 heavy (non-hydrogen) atoms. The molecule has 9 heteroatoms. The summed E-state index contributed by atoms with van der Waals surface area (Å²) in [6, 6.07) is 16.0. The SMILES string of the molecule is CCC(C)N(C(=O)C(CCC(N)=O)NC(=O)OC(C)(C)C)C(C(=O)NCc1ccccc1)c1ccccc1. The van der Waals surface area contributed by atoms with Crippen LogP contribution in [0.15, 0.2) is 60.7 Å². The van der Waals surface area contributed by atoms with Gasteiger partial charge in [0.05, 0.1) is 0 Å². The average Bonchev–Trinajstić information content (AvgIpc) is 2.87. The largest absolute Gasteiger partial charge is 0.444 e. The highest BCUT2D eigenvalue weighted by Gasteiger charge is 2.38. The first-order valence-corrected chi connectivity index (χ1v) is 12.9. The third kappa shape index (κ3) is 9.53. The van der Waals surface area contributed by atoms with Crippen LogP contribution in [-0.4, -0.2) is 46.4 Å². The molecule has 0 heterocycles. The van der Waals surface area contributed by atoms with Crippen LogP contribution in [0.1, 0.15) is 71.0 Å². The van der Waals surface area contributed by atoms with Crippen LogP contribution < -0.4 is 16.4 Å². The van der Waals surface area contributed by atoms with Crippen molar-refractivity contribution in [3.63, 3.8) is 0 Å². The summed E-state index contributed by atoms with van der Waals surface area (Å²) in [4.78, 5) is 53.4. The molecule has 206 valence electrons. The fraction of sp³-hybridized carbons (Fsp3) is 0.448. The van der Waals surface area contributed by atoms with Crippen molar-refractivity contribution in [2.24, 2.45) is 5.73 Å². The molecule has 2 aromatic rings. The van der Waals surface area contributed by atoms with Gasteiger partial charge in [0.2, 0.25) is 17.7 Å². The predicted octanol–water partition coefficient (Wildman–Crippen LogP) is 3.83. The van der Waals surface area contributed by atoms with Gasteiger partial charge in [-0.1, -0.05) is 67.6 Å². The van der Waals surface area contributed by atoms with Gasteiger partial charge in [0.15, 0.2) is 0 Å². The van der Waals surface area contributed by atoms with Crippen LogP contribution in [0.25, 0.3) is 0 Å². The maximum atomic E-state index is 14.1. The summed E-state index contributed by atoms with van der Waals surface area (Å²) in [6.45, 7) is 9.17. The van der Waals surface area contributed by atoms with E-state index in [9.17, 15) is 19.2 Å². The van der Waals surface area contributed by atoms with E-state index in [-0.39, 0.29) is 31.3 Å². The Morgan fingerprint density at radius 3 is 2.08 bits per heavy atom. The molecule has 0 saturated carbocycles. The Hall–Kier alpha value is -3.88. The smallest absolute Gasteiger partial charge is 0.408 e. The zero-order valence-corrected chi connectivity index (χ0v) is 22.9. The second-order valence-electron chi connectivity index (χ2n) is 10.2. The molecule has 0 fully saturated rings. The first kappa shape index (κ1) is 30.3. The monoisotopic (exact) mass is 524 g/mol. The van der Waals surface area contributed by atoms with Crippen molar-refractivity contribution >= 4 is 23.8 Å². The minimum absolute atomic E-state index is 0.0342. The van der Waals surface area contributed by atoms with Crippen molar-refractivity contribution in [2.45, 2.75) is 84.2 Å². The topological polar surface area (TPSA) is 131 Å². The Kier molecular flexibility index (Phi) is 11.3. The van der Waals surface area contributed by atoms with Crippen LogP contribution in [0.5, 0.6) is 0 Å². The number of alkyl carbamates (subject to hydrolysis) is 1. The second kappa shape index (κ2) is 14.2. The Morgan fingerprint density at radius 2 is 1.55 bits per heavy atom. The van der Waals surface area contributed by atoms with Gasteiger partial charge >= 0.3 is 6.09 Å². The Bertz CT molecular complexity index is 1070. The van der Waals surface area contributed by atoms with Gasteiger partial charge in [-0.05, 0) is 51.7 Å². The minimum atomic E-state index is -1.13. The zero-order valence-electron chi connectivity index (χ0n) is 22.9.